The van der Waals surface area contributed by atoms with E-state index in [1.165, 1.54) is 11.1 Å². The predicted octanol–water partition coefficient (Wildman–Crippen LogP) is 3.23. The van der Waals surface area contributed by atoms with Gasteiger partial charge in [-0.25, -0.2) is 0 Å². The number of para-hydroxylation sites is 1. The Morgan fingerprint density at radius 1 is 1.00 bits per heavy atom. The third-order valence-corrected chi connectivity index (χ3v) is 4.88. The highest BCUT2D eigenvalue weighted by atomic mass is 16.6. The molecular formula is C20H25N3O3. The zero-order valence-electron chi connectivity index (χ0n) is 15.4. The minimum atomic E-state index is -0.296. The van der Waals surface area contributed by atoms with Crippen LogP contribution in [0.15, 0.2) is 42.5 Å². The molecule has 1 aliphatic rings. The number of nitro groups is 1. The first-order chi connectivity index (χ1) is 12.6. The lowest BCUT2D eigenvalue weighted by molar-refractivity contribution is -0.385. The van der Waals surface area contributed by atoms with E-state index in [9.17, 15) is 10.1 Å². The van der Waals surface area contributed by atoms with Crippen molar-refractivity contribution in [3.63, 3.8) is 0 Å². The SMILES string of the molecule is COc1ccc(C)cc1CN1CCN(Cc2ccccc2[N+](=O)[O-])CC1. The van der Waals surface area contributed by atoms with Gasteiger partial charge >= 0.3 is 0 Å². The van der Waals surface area contributed by atoms with Crippen LogP contribution in [0.5, 0.6) is 5.75 Å². The monoisotopic (exact) mass is 355 g/mol. The van der Waals surface area contributed by atoms with E-state index in [1.807, 2.05) is 18.2 Å². The Morgan fingerprint density at radius 2 is 1.62 bits per heavy atom. The van der Waals surface area contributed by atoms with Gasteiger partial charge in [-0.05, 0) is 13.0 Å². The molecule has 2 aromatic rings. The highest BCUT2D eigenvalue weighted by Crippen LogP contribution is 2.23. The molecule has 0 saturated carbocycles. The second kappa shape index (κ2) is 8.29. The van der Waals surface area contributed by atoms with Crippen LogP contribution in [0.2, 0.25) is 0 Å². The van der Waals surface area contributed by atoms with Crippen LogP contribution in [-0.4, -0.2) is 48.0 Å². The van der Waals surface area contributed by atoms with E-state index >= 15 is 0 Å². The molecule has 0 spiro atoms. The molecule has 26 heavy (non-hydrogen) atoms. The van der Waals surface area contributed by atoms with E-state index in [0.29, 0.717) is 6.54 Å². The number of hydrogen-bond acceptors (Lipinski definition) is 5. The number of methoxy groups -OCH3 is 1. The summed E-state index contributed by atoms with van der Waals surface area (Å²) in [7, 11) is 1.71. The molecule has 6 heteroatoms. The first-order valence-electron chi connectivity index (χ1n) is 8.87. The molecule has 0 atom stereocenters. The Hall–Kier alpha value is -2.44. The highest BCUT2D eigenvalue weighted by Gasteiger charge is 2.21. The Balaban J connectivity index is 1.58. The summed E-state index contributed by atoms with van der Waals surface area (Å²) in [6, 6.07) is 13.3. The van der Waals surface area contributed by atoms with E-state index < -0.39 is 0 Å². The predicted molar refractivity (Wildman–Crippen MR) is 101 cm³/mol. The molecule has 1 saturated heterocycles. The fourth-order valence-corrected chi connectivity index (χ4v) is 3.44. The molecule has 1 heterocycles. The summed E-state index contributed by atoms with van der Waals surface area (Å²) in [5.41, 5.74) is 3.43. The number of nitro benzene ring substituents is 1. The van der Waals surface area contributed by atoms with Gasteiger partial charge in [0.05, 0.1) is 12.0 Å². The van der Waals surface area contributed by atoms with Crippen molar-refractivity contribution in [2.75, 3.05) is 33.3 Å². The van der Waals surface area contributed by atoms with Gasteiger partial charge in [-0.15, -0.1) is 0 Å². The molecule has 0 aliphatic carbocycles. The first-order valence-corrected chi connectivity index (χ1v) is 8.87. The third kappa shape index (κ3) is 4.39. The lowest BCUT2D eigenvalue weighted by atomic mass is 10.1. The Labute approximate surface area is 154 Å². The molecule has 0 aromatic heterocycles. The molecule has 6 nitrogen and oxygen atoms in total. The quantitative estimate of drug-likeness (QED) is 0.588. The molecular weight excluding hydrogens is 330 g/mol. The lowest BCUT2D eigenvalue weighted by Crippen LogP contribution is -2.45. The molecule has 0 unspecified atom stereocenters. The van der Waals surface area contributed by atoms with Crippen LogP contribution in [-0.2, 0) is 13.1 Å². The fourth-order valence-electron chi connectivity index (χ4n) is 3.44. The van der Waals surface area contributed by atoms with E-state index in [0.717, 1.165) is 44.0 Å². The van der Waals surface area contributed by atoms with E-state index in [1.54, 1.807) is 19.2 Å². The number of aryl methyl sites for hydroxylation is 1. The van der Waals surface area contributed by atoms with Gasteiger partial charge in [0.15, 0.2) is 0 Å². The summed E-state index contributed by atoms with van der Waals surface area (Å²) in [5, 5.41) is 11.2. The Kier molecular flexibility index (Phi) is 5.85. The topological polar surface area (TPSA) is 58.8 Å². The largest absolute Gasteiger partial charge is 0.496 e. The normalized spacial score (nSPS) is 15.8. The maximum atomic E-state index is 11.2. The highest BCUT2D eigenvalue weighted by molar-refractivity contribution is 5.39. The maximum absolute atomic E-state index is 11.2. The first kappa shape index (κ1) is 18.4. The summed E-state index contributed by atoms with van der Waals surface area (Å²) >= 11 is 0. The summed E-state index contributed by atoms with van der Waals surface area (Å²) in [6.45, 7) is 7.27. The molecule has 0 radical (unpaired) electrons. The van der Waals surface area contributed by atoms with Crippen LogP contribution in [0.25, 0.3) is 0 Å². The molecule has 0 N–H and O–H groups in total. The number of ether oxygens (including phenoxy) is 1. The van der Waals surface area contributed by atoms with Crippen LogP contribution in [0.4, 0.5) is 5.69 Å². The van der Waals surface area contributed by atoms with Gasteiger partial charge in [-0.2, -0.15) is 0 Å². The minimum Gasteiger partial charge on any atom is -0.496 e. The van der Waals surface area contributed by atoms with Crippen molar-refractivity contribution in [2.45, 2.75) is 20.0 Å². The molecule has 1 aliphatic heterocycles. The van der Waals surface area contributed by atoms with Gasteiger partial charge in [-0.3, -0.25) is 19.9 Å². The van der Waals surface area contributed by atoms with Gasteiger partial charge in [0, 0.05) is 56.5 Å². The van der Waals surface area contributed by atoms with Crippen LogP contribution < -0.4 is 4.74 Å². The zero-order chi connectivity index (χ0) is 18.5. The second-order valence-electron chi connectivity index (χ2n) is 6.75. The van der Waals surface area contributed by atoms with Crippen molar-refractivity contribution in [3.8, 4) is 5.75 Å². The van der Waals surface area contributed by atoms with E-state index in [4.69, 9.17) is 4.74 Å². The third-order valence-electron chi connectivity index (χ3n) is 4.88. The minimum absolute atomic E-state index is 0.208. The second-order valence-corrected chi connectivity index (χ2v) is 6.75. The van der Waals surface area contributed by atoms with Crippen molar-refractivity contribution in [2.24, 2.45) is 0 Å². The fraction of sp³-hybridized carbons (Fsp3) is 0.400. The van der Waals surface area contributed by atoms with Gasteiger partial charge in [0.2, 0.25) is 0 Å². The summed E-state index contributed by atoms with van der Waals surface area (Å²) in [5.74, 6) is 0.929. The van der Waals surface area contributed by atoms with E-state index in [2.05, 4.69) is 28.9 Å². The zero-order valence-corrected chi connectivity index (χ0v) is 15.4. The molecule has 2 aromatic carbocycles. The average molecular weight is 355 g/mol. The standard InChI is InChI=1S/C20H25N3O3/c1-16-7-8-20(26-2)18(13-16)15-22-11-9-21(10-12-22)14-17-5-3-4-6-19(17)23(24)25/h3-8,13H,9-12,14-15H2,1-2H3. The lowest BCUT2D eigenvalue weighted by Gasteiger charge is -2.34. The molecule has 0 bridgehead atoms. The number of hydrogen-bond donors (Lipinski definition) is 0. The van der Waals surface area contributed by atoms with Crippen LogP contribution in [0.1, 0.15) is 16.7 Å². The van der Waals surface area contributed by atoms with E-state index in [-0.39, 0.29) is 10.6 Å². The number of rotatable bonds is 6. The maximum Gasteiger partial charge on any atom is 0.273 e. The van der Waals surface area contributed by atoms with Crippen LogP contribution in [0, 0.1) is 17.0 Å². The van der Waals surface area contributed by atoms with Crippen molar-refractivity contribution < 1.29 is 9.66 Å². The Morgan fingerprint density at radius 3 is 2.23 bits per heavy atom. The van der Waals surface area contributed by atoms with Crippen molar-refractivity contribution in [1.29, 1.82) is 0 Å². The van der Waals surface area contributed by atoms with Gasteiger partial charge in [0.1, 0.15) is 5.75 Å². The van der Waals surface area contributed by atoms with Crippen molar-refractivity contribution in [1.82, 2.24) is 9.80 Å². The summed E-state index contributed by atoms with van der Waals surface area (Å²) < 4.78 is 5.48. The van der Waals surface area contributed by atoms with Gasteiger partial charge < -0.3 is 4.74 Å². The van der Waals surface area contributed by atoms with Gasteiger partial charge in [0.25, 0.3) is 5.69 Å². The smallest absolute Gasteiger partial charge is 0.273 e. The van der Waals surface area contributed by atoms with Gasteiger partial charge in [-0.1, -0.05) is 35.9 Å². The van der Waals surface area contributed by atoms with Crippen LogP contribution in [0.3, 0.4) is 0 Å². The molecule has 1 fully saturated rings. The molecule has 0 amide bonds. The van der Waals surface area contributed by atoms with Crippen LogP contribution >= 0.6 is 0 Å². The Bertz CT molecular complexity index is 771. The number of piperazine rings is 1. The molecule has 3 rings (SSSR count). The number of nitrogens with zero attached hydrogens (tertiary/aromatic N) is 3. The molecule has 138 valence electrons. The summed E-state index contributed by atoms with van der Waals surface area (Å²) in [4.78, 5) is 15.6. The number of benzene rings is 2. The van der Waals surface area contributed by atoms with Crippen molar-refractivity contribution in [3.05, 3.63) is 69.3 Å². The van der Waals surface area contributed by atoms with Crippen molar-refractivity contribution >= 4 is 5.69 Å². The summed E-state index contributed by atoms with van der Waals surface area (Å²) in [6.07, 6.45) is 0. The average Bonchev–Trinajstić information content (AvgIpc) is 2.64.